The van der Waals surface area contributed by atoms with Crippen LogP contribution in [0.4, 0.5) is 13.2 Å². The summed E-state index contributed by atoms with van der Waals surface area (Å²) in [6.07, 6.45) is 5.68. The van der Waals surface area contributed by atoms with E-state index in [1.165, 1.54) is 41.8 Å². The molecular formula is C35H48F3NO2Si. The van der Waals surface area contributed by atoms with Crippen LogP contribution in [0, 0.1) is 5.41 Å². The van der Waals surface area contributed by atoms with Crippen molar-refractivity contribution in [3.63, 3.8) is 0 Å². The van der Waals surface area contributed by atoms with Gasteiger partial charge in [-0.2, -0.15) is 13.2 Å². The minimum absolute atomic E-state index is 0.0589. The van der Waals surface area contributed by atoms with Crippen molar-refractivity contribution < 1.29 is 22.3 Å². The Labute approximate surface area is 251 Å². The molecule has 2 fully saturated rings. The lowest BCUT2D eigenvalue weighted by atomic mass is 9.70. The molecule has 0 saturated heterocycles. The van der Waals surface area contributed by atoms with E-state index >= 15 is 0 Å². The molecule has 4 aliphatic rings. The number of nitrogens with zero attached hydrogens (tertiary/aromatic N) is 1. The van der Waals surface area contributed by atoms with Crippen LogP contribution in [0.5, 0.6) is 0 Å². The summed E-state index contributed by atoms with van der Waals surface area (Å²) in [4.78, 5) is 5.57. The van der Waals surface area contributed by atoms with Crippen LogP contribution in [0.1, 0.15) is 150 Å². The Balaban J connectivity index is 1.59. The predicted octanol–water partition coefficient (Wildman–Crippen LogP) is 10.7. The van der Waals surface area contributed by atoms with Crippen LogP contribution in [-0.4, -0.2) is 13.3 Å². The van der Waals surface area contributed by atoms with E-state index in [0.29, 0.717) is 5.92 Å². The molecule has 1 spiro atoms. The molecule has 6 rings (SSSR count). The van der Waals surface area contributed by atoms with Crippen molar-refractivity contribution in [2.45, 2.75) is 147 Å². The van der Waals surface area contributed by atoms with E-state index in [-0.39, 0.29) is 16.6 Å². The topological polar surface area (TPSA) is 31.4 Å². The monoisotopic (exact) mass is 599 g/mol. The molecule has 1 aliphatic heterocycles. The van der Waals surface area contributed by atoms with Crippen LogP contribution < -0.4 is 0 Å². The van der Waals surface area contributed by atoms with E-state index < -0.39 is 31.8 Å². The number of benzene rings is 1. The number of rotatable bonds is 4. The minimum Gasteiger partial charge on any atom is -0.410 e. The maximum absolute atomic E-state index is 13.5. The summed E-state index contributed by atoms with van der Waals surface area (Å²) in [6, 6.07) is 5.70. The average molecular weight is 600 g/mol. The molecule has 2 saturated carbocycles. The highest BCUT2D eigenvalue weighted by molar-refractivity contribution is 6.74. The first kappa shape index (κ1) is 30.3. The van der Waals surface area contributed by atoms with Gasteiger partial charge in [-0.25, -0.2) is 0 Å². The van der Waals surface area contributed by atoms with Crippen molar-refractivity contribution >= 4 is 8.32 Å². The van der Waals surface area contributed by atoms with Crippen molar-refractivity contribution in [3.8, 4) is 0 Å². The molecule has 230 valence electrons. The molecule has 0 N–H and O–H groups in total. The van der Waals surface area contributed by atoms with Crippen LogP contribution in [0.3, 0.4) is 0 Å². The summed E-state index contributed by atoms with van der Waals surface area (Å²) < 4.78 is 55.0. The van der Waals surface area contributed by atoms with Gasteiger partial charge in [0, 0.05) is 22.7 Å². The lowest BCUT2D eigenvalue weighted by molar-refractivity contribution is -0.137. The van der Waals surface area contributed by atoms with Crippen LogP contribution in [0.25, 0.3) is 0 Å². The van der Waals surface area contributed by atoms with Gasteiger partial charge >= 0.3 is 6.18 Å². The number of aromatic nitrogens is 1. The first-order chi connectivity index (χ1) is 19.5. The second kappa shape index (κ2) is 10.2. The number of halogens is 3. The highest BCUT2D eigenvalue weighted by Crippen LogP contribution is 2.61. The van der Waals surface area contributed by atoms with Crippen LogP contribution in [-0.2, 0) is 27.4 Å². The van der Waals surface area contributed by atoms with Gasteiger partial charge < -0.3 is 9.16 Å². The Morgan fingerprint density at radius 1 is 0.929 bits per heavy atom. The molecule has 3 aliphatic carbocycles. The van der Waals surface area contributed by atoms with Crippen molar-refractivity contribution in [3.05, 3.63) is 63.5 Å². The number of hydrogen-bond acceptors (Lipinski definition) is 3. The average Bonchev–Trinajstić information content (AvgIpc) is 3.63. The summed E-state index contributed by atoms with van der Waals surface area (Å²) in [5, 5.41) is 0.0689. The smallest absolute Gasteiger partial charge is 0.410 e. The van der Waals surface area contributed by atoms with E-state index in [4.69, 9.17) is 14.1 Å². The van der Waals surface area contributed by atoms with Gasteiger partial charge in [0.25, 0.3) is 0 Å². The van der Waals surface area contributed by atoms with E-state index in [2.05, 4.69) is 47.7 Å². The first-order valence-electron chi connectivity index (χ1n) is 16.1. The third kappa shape index (κ3) is 5.19. The zero-order valence-electron chi connectivity index (χ0n) is 26.5. The highest BCUT2D eigenvalue weighted by atomic mass is 28.4. The molecule has 7 heteroatoms. The highest BCUT2D eigenvalue weighted by Gasteiger charge is 2.54. The lowest BCUT2D eigenvalue weighted by Gasteiger charge is -2.45. The summed E-state index contributed by atoms with van der Waals surface area (Å²) in [7, 11) is -2.13. The van der Waals surface area contributed by atoms with Crippen molar-refractivity contribution in [1.29, 1.82) is 0 Å². The maximum Gasteiger partial charge on any atom is 0.416 e. The van der Waals surface area contributed by atoms with Gasteiger partial charge in [0.05, 0.1) is 23.0 Å². The SMILES string of the molecule is CC1(C)Cc2nc(C3CCCC3)c3c(c2C(O[Si](C)(C)C(C)(C)C)C1)C1(CCCC1)OC3c1ccc(C(F)(F)F)cc1. The number of fused-ring (bicyclic) bond motifs is 4. The number of ether oxygens (including phenoxy) is 1. The second-order valence-electron chi connectivity index (χ2n) is 15.9. The third-order valence-corrected chi connectivity index (χ3v) is 15.6. The quantitative estimate of drug-likeness (QED) is 0.328. The van der Waals surface area contributed by atoms with Crippen molar-refractivity contribution in [2.24, 2.45) is 5.41 Å². The molecule has 0 bridgehead atoms. The van der Waals surface area contributed by atoms with E-state index in [9.17, 15) is 13.2 Å². The van der Waals surface area contributed by atoms with Gasteiger partial charge in [0.2, 0.25) is 0 Å². The molecular weight excluding hydrogens is 551 g/mol. The number of pyridine rings is 1. The number of alkyl halides is 3. The third-order valence-electron chi connectivity index (χ3n) is 11.1. The number of hydrogen-bond donors (Lipinski definition) is 0. The molecule has 1 aromatic heterocycles. The van der Waals surface area contributed by atoms with E-state index in [1.54, 1.807) is 12.1 Å². The zero-order valence-corrected chi connectivity index (χ0v) is 27.5. The molecule has 0 amide bonds. The van der Waals surface area contributed by atoms with Gasteiger partial charge in [-0.1, -0.05) is 72.4 Å². The van der Waals surface area contributed by atoms with Gasteiger partial charge in [0.15, 0.2) is 8.32 Å². The fraction of sp³-hybridized carbons (Fsp3) is 0.686. The summed E-state index contributed by atoms with van der Waals surface area (Å²) in [5.74, 6) is 0.367. The Hall–Kier alpha value is -1.70. The van der Waals surface area contributed by atoms with Gasteiger partial charge in [0.1, 0.15) is 6.10 Å². The van der Waals surface area contributed by atoms with Crippen molar-refractivity contribution in [1.82, 2.24) is 4.98 Å². The zero-order chi connectivity index (χ0) is 30.3. The summed E-state index contributed by atoms with van der Waals surface area (Å²) in [6.45, 7) is 16.2. The van der Waals surface area contributed by atoms with E-state index in [0.717, 1.165) is 68.2 Å². The van der Waals surface area contributed by atoms with Crippen LogP contribution in [0.15, 0.2) is 24.3 Å². The molecule has 1 aromatic carbocycles. The molecule has 0 radical (unpaired) electrons. The molecule has 2 heterocycles. The lowest BCUT2D eigenvalue weighted by Crippen LogP contribution is -2.44. The Morgan fingerprint density at radius 3 is 2.12 bits per heavy atom. The van der Waals surface area contributed by atoms with Gasteiger partial charge in [-0.15, -0.1) is 0 Å². The fourth-order valence-electron chi connectivity index (χ4n) is 7.93. The fourth-order valence-corrected chi connectivity index (χ4v) is 9.20. The van der Waals surface area contributed by atoms with Crippen molar-refractivity contribution in [2.75, 3.05) is 0 Å². The van der Waals surface area contributed by atoms with Gasteiger partial charge in [-0.05, 0) is 85.3 Å². The predicted molar refractivity (Wildman–Crippen MR) is 163 cm³/mol. The Kier molecular flexibility index (Phi) is 7.34. The summed E-state index contributed by atoms with van der Waals surface area (Å²) in [5.41, 5.74) is 5.85. The normalized spacial score (nSPS) is 25.7. The Bertz CT molecular complexity index is 1330. The molecule has 2 aromatic rings. The van der Waals surface area contributed by atoms with Crippen LogP contribution in [0.2, 0.25) is 18.1 Å². The van der Waals surface area contributed by atoms with Crippen LogP contribution >= 0.6 is 0 Å². The molecule has 3 nitrogen and oxygen atoms in total. The first-order valence-corrected chi connectivity index (χ1v) is 19.0. The largest absolute Gasteiger partial charge is 0.416 e. The Morgan fingerprint density at radius 2 is 1.55 bits per heavy atom. The minimum atomic E-state index is -4.36. The molecule has 2 atom stereocenters. The maximum atomic E-state index is 13.5. The molecule has 2 unspecified atom stereocenters. The second-order valence-corrected chi connectivity index (χ2v) is 20.6. The standard InChI is InChI=1S/C35H48F3NO2Si/c1-32(2,3)42(6,7)41-26-21-33(4,5)20-25-27(26)29-28(30(39-25)22-12-8-9-13-22)31(40-34(29)18-10-11-19-34)23-14-16-24(17-15-23)35(36,37)38/h14-17,22,26,31H,8-13,18-21H2,1-7H3. The van der Waals surface area contributed by atoms with Gasteiger partial charge in [-0.3, -0.25) is 4.98 Å². The van der Waals surface area contributed by atoms with E-state index in [1.807, 2.05) is 0 Å². The molecule has 42 heavy (non-hydrogen) atoms. The summed E-state index contributed by atoms with van der Waals surface area (Å²) >= 11 is 0.